The van der Waals surface area contributed by atoms with E-state index in [1.54, 1.807) is 19.3 Å². The minimum absolute atomic E-state index is 0.117. The van der Waals surface area contributed by atoms with Gasteiger partial charge in [-0.15, -0.1) is 0 Å². The van der Waals surface area contributed by atoms with Gasteiger partial charge in [0.2, 0.25) is 0 Å². The van der Waals surface area contributed by atoms with Crippen molar-refractivity contribution in [3.63, 3.8) is 0 Å². The van der Waals surface area contributed by atoms with Gasteiger partial charge in [0, 0.05) is 13.0 Å². The molecule has 0 aliphatic heterocycles. The lowest BCUT2D eigenvalue weighted by atomic mass is 9.99. The molecule has 0 bridgehead atoms. The van der Waals surface area contributed by atoms with Crippen LogP contribution in [0.15, 0.2) is 22.8 Å². The average molecular weight is 268 g/mol. The molecule has 3 N–H and O–H groups in total. The normalized spacial score (nSPS) is 13.6. The fourth-order valence-electron chi connectivity index (χ4n) is 1.63. The van der Waals surface area contributed by atoms with Crippen LogP contribution in [0, 0.1) is 5.92 Å². The monoisotopic (exact) mass is 268 g/mol. The van der Waals surface area contributed by atoms with Crippen molar-refractivity contribution in [2.24, 2.45) is 5.92 Å². The molecule has 0 aliphatic rings. The van der Waals surface area contributed by atoms with E-state index in [1.807, 2.05) is 13.0 Å². The topological polar surface area (TPSA) is 91.6 Å². The lowest BCUT2D eigenvalue weighted by molar-refractivity contribution is -0.140. The summed E-state index contributed by atoms with van der Waals surface area (Å²) in [5.41, 5.74) is 0. The molecular weight excluding hydrogens is 248 g/mol. The Bertz CT molecular complexity index is 403. The van der Waals surface area contributed by atoms with Crippen molar-refractivity contribution in [1.82, 2.24) is 10.6 Å². The van der Waals surface area contributed by atoms with Crippen molar-refractivity contribution >= 4 is 12.0 Å². The summed E-state index contributed by atoms with van der Waals surface area (Å²) in [7, 11) is 0. The summed E-state index contributed by atoms with van der Waals surface area (Å²) in [5.74, 6) is -0.360. The minimum atomic E-state index is -1.02. The summed E-state index contributed by atoms with van der Waals surface area (Å²) in [6.45, 7) is 4.07. The number of carbonyl (C=O) groups excluding carboxylic acids is 1. The van der Waals surface area contributed by atoms with E-state index in [2.05, 4.69) is 10.6 Å². The predicted molar refractivity (Wildman–Crippen MR) is 69.8 cm³/mol. The van der Waals surface area contributed by atoms with E-state index in [-0.39, 0.29) is 5.92 Å². The number of urea groups is 1. The second kappa shape index (κ2) is 7.45. The highest BCUT2D eigenvalue weighted by molar-refractivity contribution is 5.82. The van der Waals surface area contributed by atoms with E-state index in [1.165, 1.54) is 0 Å². The number of hydrogen-bond donors (Lipinski definition) is 3. The Balaban J connectivity index is 2.34. The molecule has 0 unspecified atom stereocenters. The highest BCUT2D eigenvalue weighted by atomic mass is 16.4. The number of carboxylic acids is 1. The number of carboxylic acid groups (broad SMARTS) is 1. The Morgan fingerprint density at radius 1 is 1.47 bits per heavy atom. The fourth-order valence-corrected chi connectivity index (χ4v) is 1.63. The standard InChI is InChI=1S/C13H20N2O4/c1-3-9(2)11(12(16)17)15-13(18)14-7-6-10-5-4-8-19-10/h4-5,8-9,11H,3,6-7H2,1-2H3,(H,16,17)(H2,14,15,18)/t9-,11-/m0/s1. The summed E-state index contributed by atoms with van der Waals surface area (Å²) in [6, 6.07) is 2.25. The van der Waals surface area contributed by atoms with E-state index in [9.17, 15) is 9.59 Å². The Labute approximate surface area is 112 Å². The van der Waals surface area contributed by atoms with Crippen molar-refractivity contribution in [3.05, 3.63) is 24.2 Å². The summed E-state index contributed by atoms with van der Waals surface area (Å²) < 4.78 is 5.12. The SMILES string of the molecule is CC[C@H](C)[C@H](NC(=O)NCCc1ccco1)C(=O)O. The zero-order valence-electron chi connectivity index (χ0n) is 11.2. The highest BCUT2D eigenvalue weighted by Crippen LogP contribution is 2.07. The molecule has 6 nitrogen and oxygen atoms in total. The Hall–Kier alpha value is -1.98. The molecule has 1 heterocycles. The lowest BCUT2D eigenvalue weighted by Crippen LogP contribution is -2.49. The van der Waals surface area contributed by atoms with Crippen LogP contribution in [-0.2, 0) is 11.2 Å². The maximum atomic E-state index is 11.6. The van der Waals surface area contributed by atoms with E-state index in [0.717, 1.165) is 5.76 Å². The van der Waals surface area contributed by atoms with Crippen LogP contribution in [0.2, 0.25) is 0 Å². The van der Waals surface area contributed by atoms with Crippen LogP contribution >= 0.6 is 0 Å². The van der Waals surface area contributed by atoms with E-state index in [4.69, 9.17) is 9.52 Å². The Kier molecular flexibility index (Phi) is 5.92. The summed E-state index contributed by atoms with van der Waals surface area (Å²) >= 11 is 0. The largest absolute Gasteiger partial charge is 0.480 e. The molecular formula is C13H20N2O4. The van der Waals surface area contributed by atoms with Gasteiger partial charge in [0.05, 0.1) is 6.26 Å². The van der Waals surface area contributed by atoms with E-state index in [0.29, 0.717) is 19.4 Å². The summed E-state index contributed by atoms with van der Waals surface area (Å²) in [4.78, 5) is 22.6. The van der Waals surface area contributed by atoms with Crippen molar-refractivity contribution in [3.8, 4) is 0 Å². The van der Waals surface area contributed by atoms with Gasteiger partial charge in [0.25, 0.3) is 0 Å². The van der Waals surface area contributed by atoms with Crippen LogP contribution in [0.4, 0.5) is 4.79 Å². The van der Waals surface area contributed by atoms with Gasteiger partial charge in [-0.05, 0) is 18.1 Å². The molecule has 0 saturated heterocycles. The molecule has 106 valence electrons. The molecule has 0 radical (unpaired) electrons. The highest BCUT2D eigenvalue weighted by Gasteiger charge is 2.24. The van der Waals surface area contributed by atoms with Crippen molar-refractivity contribution < 1.29 is 19.1 Å². The van der Waals surface area contributed by atoms with Crippen molar-refractivity contribution in [2.75, 3.05) is 6.54 Å². The number of furan rings is 1. The van der Waals surface area contributed by atoms with Crippen molar-refractivity contribution in [2.45, 2.75) is 32.7 Å². The molecule has 19 heavy (non-hydrogen) atoms. The molecule has 2 atom stereocenters. The molecule has 1 rings (SSSR count). The van der Waals surface area contributed by atoms with Crippen LogP contribution in [0.3, 0.4) is 0 Å². The number of nitrogens with one attached hydrogen (secondary N) is 2. The van der Waals surface area contributed by atoms with Gasteiger partial charge < -0.3 is 20.2 Å². The zero-order chi connectivity index (χ0) is 14.3. The number of amides is 2. The van der Waals surface area contributed by atoms with Crippen LogP contribution in [0.5, 0.6) is 0 Å². The first kappa shape index (κ1) is 15.1. The number of hydrogen-bond acceptors (Lipinski definition) is 3. The molecule has 0 saturated carbocycles. The van der Waals surface area contributed by atoms with Gasteiger partial charge in [-0.1, -0.05) is 20.3 Å². The number of rotatable bonds is 7. The van der Waals surface area contributed by atoms with Gasteiger partial charge >= 0.3 is 12.0 Å². The second-order valence-electron chi connectivity index (χ2n) is 4.43. The fraction of sp³-hybridized carbons (Fsp3) is 0.538. The van der Waals surface area contributed by atoms with Crippen LogP contribution in [0.1, 0.15) is 26.0 Å². The molecule has 0 aliphatic carbocycles. The first-order valence-electron chi connectivity index (χ1n) is 6.34. The Morgan fingerprint density at radius 3 is 2.74 bits per heavy atom. The smallest absolute Gasteiger partial charge is 0.326 e. The third kappa shape index (κ3) is 5.03. The van der Waals surface area contributed by atoms with E-state index >= 15 is 0 Å². The molecule has 6 heteroatoms. The van der Waals surface area contributed by atoms with Crippen molar-refractivity contribution in [1.29, 1.82) is 0 Å². The van der Waals surface area contributed by atoms with Gasteiger partial charge in [-0.25, -0.2) is 9.59 Å². The molecule has 1 aromatic rings. The third-order valence-corrected chi connectivity index (χ3v) is 3.00. The molecule has 0 aromatic carbocycles. The molecule has 1 aromatic heterocycles. The molecule has 2 amide bonds. The van der Waals surface area contributed by atoms with Gasteiger partial charge in [0.1, 0.15) is 11.8 Å². The van der Waals surface area contributed by atoms with Crippen LogP contribution in [-0.4, -0.2) is 29.7 Å². The van der Waals surface area contributed by atoms with Crippen LogP contribution < -0.4 is 10.6 Å². The maximum Gasteiger partial charge on any atom is 0.326 e. The van der Waals surface area contributed by atoms with Gasteiger partial charge in [-0.2, -0.15) is 0 Å². The lowest BCUT2D eigenvalue weighted by Gasteiger charge is -2.20. The third-order valence-electron chi connectivity index (χ3n) is 3.00. The summed E-state index contributed by atoms with van der Waals surface area (Å²) in [6.07, 6.45) is 2.82. The van der Waals surface area contributed by atoms with Gasteiger partial charge in [0.15, 0.2) is 0 Å². The quantitative estimate of drug-likeness (QED) is 0.700. The zero-order valence-corrected chi connectivity index (χ0v) is 11.2. The van der Waals surface area contributed by atoms with Gasteiger partial charge in [-0.3, -0.25) is 0 Å². The second-order valence-corrected chi connectivity index (χ2v) is 4.43. The molecule has 0 spiro atoms. The minimum Gasteiger partial charge on any atom is -0.480 e. The molecule has 0 fully saturated rings. The predicted octanol–water partition coefficient (Wildman–Crippen LogP) is 1.62. The number of aliphatic carboxylic acids is 1. The number of carbonyl (C=O) groups is 2. The first-order valence-corrected chi connectivity index (χ1v) is 6.34. The Morgan fingerprint density at radius 2 is 2.21 bits per heavy atom. The summed E-state index contributed by atoms with van der Waals surface area (Å²) in [5, 5.41) is 14.1. The van der Waals surface area contributed by atoms with Crippen LogP contribution in [0.25, 0.3) is 0 Å². The first-order chi connectivity index (χ1) is 9.04. The average Bonchev–Trinajstić information content (AvgIpc) is 2.87. The maximum absolute atomic E-state index is 11.6. The van der Waals surface area contributed by atoms with E-state index < -0.39 is 18.0 Å².